The van der Waals surface area contributed by atoms with Gasteiger partial charge in [-0.25, -0.2) is 5.43 Å². The van der Waals surface area contributed by atoms with Crippen LogP contribution in [0.15, 0.2) is 46.0 Å². The van der Waals surface area contributed by atoms with Gasteiger partial charge in [0.25, 0.3) is 5.91 Å². The molecule has 1 aliphatic rings. The fourth-order valence-corrected chi connectivity index (χ4v) is 2.34. The van der Waals surface area contributed by atoms with E-state index in [1.54, 1.807) is 24.4 Å². The second-order valence-corrected chi connectivity index (χ2v) is 5.63. The second kappa shape index (κ2) is 6.19. The zero-order chi connectivity index (χ0) is 15.5. The van der Waals surface area contributed by atoms with Crippen LogP contribution in [0.4, 0.5) is 0 Å². The maximum atomic E-state index is 12.0. The zero-order valence-electron chi connectivity index (χ0n) is 11.8. The highest BCUT2D eigenvalue weighted by Crippen LogP contribution is 2.31. The maximum absolute atomic E-state index is 12.0. The number of hydrogen-bond acceptors (Lipinski definition) is 4. The van der Waals surface area contributed by atoms with Gasteiger partial charge in [0.1, 0.15) is 0 Å². The number of fused-ring (bicyclic) bond motifs is 1. The number of nitrogens with one attached hydrogen (secondary N) is 1. The lowest BCUT2D eigenvalue weighted by Crippen LogP contribution is -2.17. The summed E-state index contributed by atoms with van der Waals surface area (Å²) in [5.74, 6) is 1.13. The molecular formula is C16H13BrN2O3. The summed E-state index contributed by atoms with van der Waals surface area (Å²) in [5, 5.41) is 3.96. The molecule has 0 bridgehead atoms. The average Bonchev–Trinajstić information content (AvgIpc) is 2.97. The van der Waals surface area contributed by atoms with Crippen LogP contribution in [0.2, 0.25) is 0 Å². The Balaban J connectivity index is 1.66. The Labute approximate surface area is 136 Å². The van der Waals surface area contributed by atoms with E-state index in [1.165, 1.54) is 0 Å². The molecule has 1 amide bonds. The minimum absolute atomic E-state index is 0.231. The van der Waals surface area contributed by atoms with Crippen molar-refractivity contribution in [1.29, 1.82) is 0 Å². The lowest BCUT2D eigenvalue weighted by molar-refractivity contribution is 0.0955. The summed E-state index contributed by atoms with van der Waals surface area (Å²) < 4.78 is 11.4. The first kappa shape index (κ1) is 14.6. The molecule has 1 aliphatic heterocycles. The van der Waals surface area contributed by atoms with Crippen molar-refractivity contribution in [2.45, 2.75) is 6.92 Å². The molecule has 2 aromatic carbocycles. The normalized spacial score (nSPS) is 12.6. The van der Waals surface area contributed by atoms with Gasteiger partial charge in [0, 0.05) is 10.0 Å². The molecule has 0 saturated heterocycles. The predicted molar refractivity (Wildman–Crippen MR) is 86.5 cm³/mol. The topological polar surface area (TPSA) is 59.9 Å². The molecule has 22 heavy (non-hydrogen) atoms. The highest BCUT2D eigenvalue weighted by Gasteiger charge is 2.12. The smallest absolute Gasteiger partial charge is 0.271 e. The Morgan fingerprint density at radius 2 is 2.05 bits per heavy atom. The summed E-state index contributed by atoms with van der Waals surface area (Å²) in [7, 11) is 0. The van der Waals surface area contributed by atoms with Gasteiger partial charge in [-0.1, -0.05) is 22.0 Å². The van der Waals surface area contributed by atoms with E-state index < -0.39 is 0 Å². The van der Waals surface area contributed by atoms with Gasteiger partial charge in [0.15, 0.2) is 11.5 Å². The first-order valence-corrected chi connectivity index (χ1v) is 7.42. The van der Waals surface area contributed by atoms with Gasteiger partial charge in [-0.15, -0.1) is 0 Å². The number of hydrogen-bond donors (Lipinski definition) is 1. The third-order valence-electron chi connectivity index (χ3n) is 3.21. The van der Waals surface area contributed by atoms with E-state index in [2.05, 4.69) is 26.5 Å². The van der Waals surface area contributed by atoms with Crippen LogP contribution in [0, 0.1) is 6.92 Å². The number of nitrogens with zero attached hydrogens (tertiary/aromatic N) is 1. The summed E-state index contributed by atoms with van der Waals surface area (Å²) in [6, 6.07) is 10.8. The molecule has 6 heteroatoms. The number of benzene rings is 2. The number of halogens is 1. The quantitative estimate of drug-likeness (QED) is 0.675. The SMILES string of the molecule is Cc1ccc(C(=O)N/N=C/c2ccc3c(c2)OCO3)cc1Br. The van der Waals surface area contributed by atoms with Crippen molar-refractivity contribution < 1.29 is 14.3 Å². The first-order chi connectivity index (χ1) is 10.6. The summed E-state index contributed by atoms with van der Waals surface area (Å²) in [4.78, 5) is 12.0. The Bertz CT molecular complexity index is 759. The van der Waals surface area contributed by atoms with Crippen molar-refractivity contribution in [3.05, 3.63) is 57.6 Å². The number of ether oxygens (including phenoxy) is 2. The highest BCUT2D eigenvalue weighted by atomic mass is 79.9. The van der Waals surface area contributed by atoms with Gasteiger partial charge in [0.2, 0.25) is 6.79 Å². The fraction of sp³-hybridized carbons (Fsp3) is 0.125. The third kappa shape index (κ3) is 3.12. The molecule has 1 heterocycles. The van der Waals surface area contributed by atoms with Gasteiger partial charge in [-0.3, -0.25) is 4.79 Å². The Hall–Kier alpha value is -2.34. The van der Waals surface area contributed by atoms with Crippen molar-refractivity contribution >= 4 is 28.1 Å². The number of carbonyl (C=O) groups excluding carboxylic acids is 1. The molecule has 3 rings (SSSR count). The summed E-state index contributed by atoms with van der Waals surface area (Å²) in [6.45, 7) is 2.19. The summed E-state index contributed by atoms with van der Waals surface area (Å²) in [6.07, 6.45) is 1.56. The van der Waals surface area contributed by atoms with E-state index in [9.17, 15) is 4.79 Å². The molecule has 112 valence electrons. The molecule has 0 radical (unpaired) electrons. The molecule has 0 saturated carbocycles. The minimum Gasteiger partial charge on any atom is -0.454 e. The summed E-state index contributed by atoms with van der Waals surface area (Å²) >= 11 is 3.40. The van der Waals surface area contributed by atoms with E-state index in [-0.39, 0.29) is 12.7 Å². The van der Waals surface area contributed by atoms with Crippen molar-refractivity contribution in [3.8, 4) is 11.5 Å². The lowest BCUT2D eigenvalue weighted by Gasteiger charge is -2.03. The van der Waals surface area contributed by atoms with Crippen molar-refractivity contribution in [2.75, 3.05) is 6.79 Å². The van der Waals surface area contributed by atoms with Crippen LogP contribution in [-0.4, -0.2) is 18.9 Å². The third-order valence-corrected chi connectivity index (χ3v) is 4.06. The van der Waals surface area contributed by atoms with E-state index in [1.807, 2.05) is 25.1 Å². The van der Waals surface area contributed by atoms with Crippen molar-refractivity contribution in [2.24, 2.45) is 5.10 Å². The van der Waals surface area contributed by atoms with E-state index >= 15 is 0 Å². The predicted octanol–water partition coefficient (Wildman–Crippen LogP) is 3.25. The van der Waals surface area contributed by atoms with Crippen molar-refractivity contribution in [3.63, 3.8) is 0 Å². The number of rotatable bonds is 3. The van der Waals surface area contributed by atoms with Gasteiger partial charge < -0.3 is 9.47 Å². The van der Waals surface area contributed by atoms with Gasteiger partial charge in [-0.2, -0.15) is 5.10 Å². The largest absolute Gasteiger partial charge is 0.454 e. The Morgan fingerprint density at radius 3 is 2.86 bits per heavy atom. The maximum Gasteiger partial charge on any atom is 0.271 e. The standard InChI is InChI=1S/C16H13BrN2O3/c1-10-2-4-12(7-13(10)17)16(20)19-18-8-11-3-5-14-15(6-11)22-9-21-14/h2-8H,9H2,1H3,(H,19,20)/b18-8+. The van der Waals surface area contributed by atoms with Crippen LogP contribution < -0.4 is 14.9 Å². The van der Waals surface area contributed by atoms with Gasteiger partial charge >= 0.3 is 0 Å². The molecule has 1 N–H and O–H groups in total. The summed E-state index contributed by atoms with van der Waals surface area (Å²) in [5.41, 5.74) is 4.93. The number of aryl methyl sites for hydroxylation is 1. The average molecular weight is 361 g/mol. The van der Waals surface area contributed by atoms with Crippen LogP contribution in [0.25, 0.3) is 0 Å². The molecule has 0 aromatic heterocycles. The Kier molecular flexibility index (Phi) is 4.11. The molecule has 5 nitrogen and oxygen atoms in total. The fourth-order valence-electron chi connectivity index (χ4n) is 1.96. The number of amides is 1. The zero-order valence-corrected chi connectivity index (χ0v) is 13.4. The molecular weight excluding hydrogens is 348 g/mol. The molecule has 0 unspecified atom stereocenters. The van der Waals surface area contributed by atoms with E-state index in [0.717, 1.165) is 15.6 Å². The lowest BCUT2D eigenvalue weighted by atomic mass is 10.1. The van der Waals surface area contributed by atoms with Gasteiger partial charge in [0.05, 0.1) is 6.21 Å². The highest BCUT2D eigenvalue weighted by molar-refractivity contribution is 9.10. The van der Waals surface area contributed by atoms with Gasteiger partial charge in [-0.05, 0) is 48.4 Å². The second-order valence-electron chi connectivity index (χ2n) is 4.78. The number of carbonyl (C=O) groups is 1. The van der Waals surface area contributed by atoms with Crippen molar-refractivity contribution in [1.82, 2.24) is 5.43 Å². The van der Waals surface area contributed by atoms with Crippen LogP contribution in [-0.2, 0) is 0 Å². The van der Waals surface area contributed by atoms with Crippen LogP contribution in [0.3, 0.4) is 0 Å². The van der Waals surface area contributed by atoms with Crippen LogP contribution in [0.1, 0.15) is 21.5 Å². The molecule has 0 aliphatic carbocycles. The molecule has 0 atom stereocenters. The number of hydrazone groups is 1. The van der Waals surface area contributed by atoms with Crippen LogP contribution in [0.5, 0.6) is 11.5 Å². The molecule has 0 spiro atoms. The molecule has 2 aromatic rings. The molecule has 0 fully saturated rings. The first-order valence-electron chi connectivity index (χ1n) is 6.63. The van der Waals surface area contributed by atoms with E-state index in [4.69, 9.17) is 9.47 Å². The van der Waals surface area contributed by atoms with Crippen LogP contribution >= 0.6 is 15.9 Å². The monoisotopic (exact) mass is 360 g/mol. The Morgan fingerprint density at radius 1 is 1.23 bits per heavy atom. The van der Waals surface area contributed by atoms with E-state index in [0.29, 0.717) is 17.1 Å². The minimum atomic E-state index is -0.266.